The summed E-state index contributed by atoms with van der Waals surface area (Å²) in [5.41, 5.74) is 2.92. The molecule has 2 heterocycles. The van der Waals surface area contributed by atoms with Crippen LogP contribution in [0.25, 0.3) is 0 Å². The highest BCUT2D eigenvalue weighted by atomic mass is 35.5. The molecule has 0 saturated carbocycles. The highest BCUT2D eigenvalue weighted by Crippen LogP contribution is 2.30. The van der Waals surface area contributed by atoms with E-state index in [-0.39, 0.29) is 11.5 Å². The van der Waals surface area contributed by atoms with Crippen LogP contribution in [0.5, 0.6) is 0 Å². The predicted octanol–water partition coefficient (Wildman–Crippen LogP) is 3.05. The SMILES string of the molecule is CC1(CCc2ccccc2)NC(=O)N(NC(=O)c2ccc(Cl)c(N3CCCC3=O)c2)C1=O. The second kappa shape index (κ2) is 8.63. The Labute approximate surface area is 190 Å². The molecule has 1 atom stereocenters. The Kier molecular flexibility index (Phi) is 5.88. The lowest BCUT2D eigenvalue weighted by atomic mass is 9.93. The van der Waals surface area contributed by atoms with Crippen LogP contribution in [0, 0.1) is 0 Å². The Bertz CT molecular complexity index is 1090. The Balaban J connectivity index is 1.47. The highest BCUT2D eigenvalue weighted by Gasteiger charge is 2.48. The first kappa shape index (κ1) is 21.8. The molecule has 0 radical (unpaired) electrons. The van der Waals surface area contributed by atoms with Gasteiger partial charge in [-0.3, -0.25) is 19.8 Å². The number of carbonyl (C=O) groups excluding carboxylic acids is 4. The third-order valence-electron chi connectivity index (χ3n) is 5.80. The van der Waals surface area contributed by atoms with Crippen molar-refractivity contribution in [2.45, 2.75) is 38.1 Å². The minimum absolute atomic E-state index is 0.0623. The lowest BCUT2D eigenvalue weighted by Gasteiger charge is -2.22. The standard InChI is InChI=1S/C23H23ClN4O4/c1-23(12-11-15-6-3-2-4-7-15)21(31)28(22(32)25-23)26-20(30)16-9-10-17(24)18(14-16)27-13-5-8-19(27)29/h2-4,6-7,9-10,14H,5,8,11-13H2,1H3,(H,25,32)(H,26,30). The van der Waals surface area contributed by atoms with Gasteiger partial charge in [-0.1, -0.05) is 41.9 Å². The molecule has 32 heavy (non-hydrogen) atoms. The number of halogens is 1. The molecule has 2 aromatic rings. The van der Waals surface area contributed by atoms with Gasteiger partial charge in [-0.2, -0.15) is 5.01 Å². The number of hydrazine groups is 1. The monoisotopic (exact) mass is 454 g/mol. The fraction of sp³-hybridized carbons (Fsp3) is 0.304. The third-order valence-corrected chi connectivity index (χ3v) is 6.12. The molecule has 2 N–H and O–H groups in total. The maximum atomic E-state index is 13.0. The summed E-state index contributed by atoms with van der Waals surface area (Å²) in [6.45, 7) is 2.16. The summed E-state index contributed by atoms with van der Waals surface area (Å²) in [7, 11) is 0. The first-order valence-corrected chi connectivity index (χ1v) is 10.8. The summed E-state index contributed by atoms with van der Waals surface area (Å²) >= 11 is 6.23. The summed E-state index contributed by atoms with van der Waals surface area (Å²) in [5.74, 6) is -1.24. The van der Waals surface area contributed by atoms with Crippen LogP contribution in [0.3, 0.4) is 0 Å². The van der Waals surface area contributed by atoms with E-state index in [2.05, 4.69) is 10.7 Å². The zero-order valence-corrected chi connectivity index (χ0v) is 18.3. The Hall–Kier alpha value is -3.39. The normalized spacial score (nSPS) is 20.6. The average Bonchev–Trinajstić information content (AvgIpc) is 3.30. The van der Waals surface area contributed by atoms with E-state index in [0.29, 0.717) is 41.5 Å². The molecule has 0 aliphatic carbocycles. The van der Waals surface area contributed by atoms with E-state index in [4.69, 9.17) is 11.6 Å². The molecule has 9 heteroatoms. The van der Waals surface area contributed by atoms with Crippen molar-refractivity contribution >= 4 is 41.0 Å². The average molecular weight is 455 g/mol. The molecule has 2 aliphatic rings. The van der Waals surface area contributed by atoms with Crippen molar-refractivity contribution in [1.82, 2.24) is 15.8 Å². The van der Waals surface area contributed by atoms with Crippen LogP contribution < -0.4 is 15.6 Å². The van der Waals surface area contributed by atoms with Gasteiger partial charge in [0.2, 0.25) is 5.91 Å². The van der Waals surface area contributed by atoms with E-state index < -0.39 is 23.4 Å². The topological polar surface area (TPSA) is 98.8 Å². The van der Waals surface area contributed by atoms with Gasteiger partial charge >= 0.3 is 6.03 Å². The van der Waals surface area contributed by atoms with Crippen molar-refractivity contribution in [3.05, 3.63) is 64.7 Å². The van der Waals surface area contributed by atoms with E-state index in [1.54, 1.807) is 6.92 Å². The number of carbonyl (C=O) groups is 4. The second-order valence-electron chi connectivity index (χ2n) is 8.14. The van der Waals surface area contributed by atoms with Crippen LogP contribution in [-0.2, 0) is 16.0 Å². The number of amides is 5. The smallest absolute Gasteiger partial charge is 0.322 e. The van der Waals surface area contributed by atoms with Gasteiger partial charge in [0.15, 0.2) is 0 Å². The molecule has 0 bridgehead atoms. The van der Waals surface area contributed by atoms with Crippen LogP contribution in [-0.4, -0.2) is 40.8 Å². The van der Waals surface area contributed by atoms with E-state index >= 15 is 0 Å². The number of hydrogen-bond acceptors (Lipinski definition) is 4. The van der Waals surface area contributed by atoms with Crippen molar-refractivity contribution in [3.8, 4) is 0 Å². The van der Waals surface area contributed by atoms with E-state index in [1.165, 1.54) is 23.1 Å². The zero-order chi connectivity index (χ0) is 22.9. The number of hydrogen-bond donors (Lipinski definition) is 2. The van der Waals surface area contributed by atoms with Crippen molar-refractivity contribution in [2.75, 3.05) is 11.4 Å². The molecular weight excluding hydrogens is 432 g/mol. The molecular formula is C23H23ClN4O4. The number of urea groups is 1. The number of nitrogens with one attached hydrogen (secondary N) is 2. The minimum atomic E-state index is -1.13. The molecule has 2 fully saturated rings. The van der Waals surface area contributed by atoms with Crippen LogP contribution in [0.15, 0.2) is 48.5 Å². The number of aryl methyl sites for hydroxylation is 1. The maximum absolute atomic E-state index is 13.0. The molecule has 8 nitrogen and oxygen atoms in total. The van der Waals surface area contributed by atoms with Crippen molar-refractivity contribution in [3.63, 3.8) is 0 Å². The fourth-order valence-electron chi connectivity index (χ4n) is 3.92. The zero-order valence-electron chi connectivity index (χ0n) is 17.6. The molecule has 166 valence electrons. The Morgan fingerprint density at radius 1 is 1.16 bits per heavy atom. The third kappa shape index (κ3) is 4.18. The number of anilines is 1. The molecule has 2 saturated heterocycles. The molecule has 5 amide bonds. The number of rotatable bonds is 6. The van der Waals surface area contributed by atoms with Gasteiger partial charge in [0.25, 0.3) is 11.8 Å². The minimum Gasteiger partial charge on any atom is -0.322 e. The predicted molar refractivity (Wildman–Crippen MR) is 119 cm³/mol. The van der Waals surface area contributed by atoms with Gasteiger partial charge in [0.05, 0.1) is 10.7 Å². The molecule has 0 spiro atoms. The van der Waals surface area contributed by atoms with Crippen LogP contribution >= 0.6 is 11.6 Å². The molecule has 1 unspecified atom stereocenters. The van der Waals surface area contributed by atoms with E-state index in [0.717, 1.165) is 12.0 Å². The van der Waals surface area contributed by atoms with Crippen molar-refractivity contribution in [1.29, 1.82) is 0 Å². The van der Waals surface area contributed by atoms with Gasteiger partial charge in [-0.15, -0.1) is 0 Å². The van der Waals surface area contributed by atoms with Crippen LogP contribution in [0.2, 0.25) is 5.02 Å². The van der Waals surface area contributed by atoms with Gasteiger partial charge in [0, 0.05) is 18.5 Å². The van der Waals surface area contributed by atoms with Gasteiger partial charge < -0.3 is 10.2 Å². The summed E-state index contributed by atoms with van der Waals surface area (Å²) in [6, 6.07) is 13.4. The van der Waals surface area contributed by atoms with Crippen LogP contribution in [0.4, 0.5) is 10.5 Å². The van der Waals surface area contributed by atoms with Gasteiger partial charge in [-0.05, 0) is 49.9 Å². The summed E-state index contributed by atoms with van der Waals surface area (Å²) in [4.78, 5) is 51.8. The molecule has 2 aromatic carbocycles. The number of nitrogens with zero attached hydrogens (tertiary/aromatic N) is 2. The highest BCUT2D eigenvalue weighted by molar-refractivity contribution is 6.34. The summed E-state index contributed by atoms with van der Waals surface area (Å²) in [5, 5.41) is 3.74. The maximum Gasteiger partial charge on any atom is 0.344 e. The second-order valence-corrected chi connectivity index (χ2v) is 8.55. The van der Waals surface area contributed by atoms with Gasteiger partial charge in [0.1, 0.15) is 5.54 Å². The lowest BCUT2D eigenvalue weighted by molar-refractivity contribution is -0.132. The quantitative estimate of drug-likeness (QED) is 0.655. The Morgan fingerprint density at radius 2 is 1.91 bits per heavy atom. The first-order valence-electron chi connectivity index (χ1n) is 10.4. The molecule has 0 aromatic heterocycles. The molecule has 2 aliphatic heterocycles. The van der Waals surface area contributed by atoms with Crippen molar-refractivity contribution in [2.24, 2.45) is 0 Å². The van der Waals surface area contributed by atoms with Crippen LogP contribution in [0.1, 0.15) is 42.1 Å². The number of benzene rings is 2. The fourth-order valence-corrected chi connectivity index (χ4v) is 4.14. The van der Waals surface area contributed by atoms with Gasteiger partial charge in [-0.25, -0.2) is 4.79 Å². The van der Waals surface area contributed by atoms with E-state index in [9.17, 15) is 19.2 Å². The van der Waals surface area contributed by atoms with Crippen molar-refractivity contribution < 1.29 is 19.2 Å². The Morgan fingerprint density at radius 3 is 2.59 bits per heavy atom. The largest absolute Gasteiger partial charge is 0.344 e. The van der Waals surface area contributed by atoms with E-state index in [1.807, 2.05) is 30.3 Å². The summed E-state index contributed by atoms with van der Waals surface area (Å²) in [6.07, 6.45) is 2.12. The first-order chi connectivity index (χ1) is 15.3. The molecule has 4 rings (SSSR count). The summed E-state index contributed by atoms with van der Waals surface area (Å²) < 4.78 is 0. The lowest BCUT2D eigenvalue weighted by Crippen LogP contribution is -2.49. The number of imide groups is 1.